The summed E-state index contributed by atoms with van der Waals surface area (Å²) in [5.41, 5.74) is 1.42. The van der Waals surface area contributed by atoms with Gasteiger partial charge in [0.1, 0.15) is 5.69 Å². The van der Waals surface area contributed by atoms with E-state index in [4.69, 9.17) is 0 Å². The lowest BCUT2D eigenvalue weighted by Gasteiger charge is -2.13. The summed E-state index contributed by atoms with van der Waals surface area (Å²) in [6.07, 6.45) is 4.86. The van der Waals surface area contributed by atoms with E-state index >= 15 is 0 Å². The zero-order valence-electron chi connectivity index (χ0n) is 13.9. The Morgan fingerprint density at radius 2 is 2.29 bits per heavy atom. The number of imidazole rings is 1. The van der Waals surface area contributed by atoms with Crippen LogP contribution in [0, 0.1) is 6.92 Å². The highest BCUT2D eigenvalue weighted by atomic mass is 32.1. The van der Waals surface area contributed by atoms with Crippen LogP contribution in [0.15, 0.2) is 6.20 Å². The first-order valence-electron chi connectivity index (χ1n) is 8.14. The fraction of sp³-hybridized carbons (Fsp3) is 0.533. The van der Waals surface area contributed by atoms with Crippen LogP contribution in [-0.4, -0.2) is 35.5 Å². The van der Waals surface area contributed by atoms with Crippen molar-refractivity contribution in [2.75, 3.05) is 0 Å². The standard InChI is InChI=1S/C15H19N7OS/c1-4-11-12(21-7-8(2)24-15(21)17-11)14(23)16-9(3)13-18-19-20-22(13)10-5-6-10/h7,9-10H,4-6H2,1-3H3,(H,16,23). The summed E-state index contributed by atoms with van der Waals surface area (Å²) in [6.45, 7) is 5.93. The highest BCUT2D eigenvalue weighted by Gasteiger charge is 2.30. The predicted octanol–water partition coefficient (Wildman–Crippen LogP) is 2.08. The summed E-state index contributed by atoms with van der Waals surface area (Å²) >= 11 is 1.59. The van der Waals surface area contributed by atoms with Gasteiger partial charge in [0.05, 0.1) is 17.8 Å². The lowest BCUT2D eigenvalue weighted by Crippen LogP contribution is -2.30. The number of nitrogens with zero attached hydrogens (tertiary/aromatic N) is 6. The van der Waals surface area contributed by atoms with Gasteiger partial charge in [0.25, 0.3) is 5.91 Å². The van der Waals surface area contributed by atoms with E-state index in [1.54, 1.807) is 11.3 Å². The number of hydrogen-bond acceptors (Lipinski definition) is 6. The van der Waals surface area contributed by atoms with E-state index in [-0.39, 0.29) is 11.9 Å². The Hall–Kier alpha value is -2.29. The summed E-state index contributed by atoms with van der Waals surface area (Å²) in [5, 5.41) is 14.9. The first-order valence-corrected chi connectivity index (χ1v) is 8.96. The van der Waals surface area contributed by atoms with Crippen molar-refractivity contribution >= 4 is 22.2 Å². The monoisotopic (exact) mass is 345 g/mol. The molecule has 0 radical (unpaired) electrons. The molecule has 1 N–H and O–H groups in total. The molecule has 0 aliphatic heterocycles. The van der Waals surface area contributed by atoms with Crippen LogP contribution >= 0.6 is 11.3 Å². The molecule has 9 heteroatoms. The Labute approximate surface area is 142 Å². The van der Waals surface area contributed by atoms with Gasteiger partial charge >= 0.3 is 0 Å². The maximum atomic E-state index is 12.9. The molecule has 126 valence electrons. The number of nitrogens with one attached hydrogen (secondary N) is 1. The second-order valence-corrected chi connectivity index (χ2v) is 7.38. The summed E-state index contributed by atoms with van der Waals surface area (Å²) in [7, 11) is 0. The van der Waals surface area contributed by atoms with Crippen molar-refractivity contribution in [3.8, 4) is 0 Å². The van der Waals surface area contributed by atoms with Gasteiger partial charge in [-0.15, -0.1) is 16.4 Å². The number of fused-ring (bicyclic) bond motifs is 1. The lowest BCUT2D eigenvalue weighted by atomic mass is 10.2. The fourth-order valence-corrected chi connectivity index (χ4v) is 3.73. The number of carbonyl (C=O) groups excluding carboxylic acids is 1. The number of amides is 1. The zero-order chi connectivity index (χ0) is 16.8. The van der Waals surface area contributed by atoms with E-state index in [2.05, 4.69) is 25.8 Å². The molecule has 0 aromatic carbocycles. The van der Waals surface area contributed by atoms with Crippen LogP contribution < -0.4 is 5.32 Å². The molecule has 1 unspecified atom stereocenters. The molecule has 1 aliphatic carbocycles. The van der Waals surface area contributed by atoms with Crippen molar-refractivity contribution in [1.29, 1.82) is 0 Å². The van der Waals surface area contributed by atoms with Crippen LogP contribution in [0.3, 0.4) is 0 Å². The van der Waals surface area contributed by atoms with E-state index in [0.29, 0.717) is 24.0 Å². The third-order valence-electron chi connectivity index (χ3n) is 4.21. The molecule has 3 aromatic rings. The van der Waals surface area contributed by atoms with Crippen LogP contribution in [0.2, 0.25) is 0 Å². The molecule has 0 bridgehead atoms. The zero-order valence-corrected chi connectivity index (χ0v) is 14.7. The molecule has 3 heterocycles. The Morgan fingerprint density at radius 1 is 1.50 bits per heavy atom. The van der Waals surface area contributed by atoms with Crippen molar-refractivity contribution in [3.63, 3.8) is 0 Å². The molecule has 8 nitrogen and oxygen atoms in total. The lowest BCUT2D eigenvalue weighted by molar-refractivity contribution is 0.0930. The molecule has 1 amide bonds. The van der Waals surface area contributed by atoms with Crippen molar-refractivity contribution in [3.05, 3.63) is 28.3 Å². The van der Waals surface area contributed by atoms with Crippen LogP contribution in [0.4, 0.5) is 0 Å². The molecular formula is C15H19N7OS. The van der Waals surface area contributed by atoms with Crippen molar-refractivity contribution in [1.82, 2.24) is 34.9 Å². The number of thiazole rings is 1. The van der Waals surface area contributed by atoms with Gasteiger partial charge in [-0.1, -0.05) is 6.92 Å². The van der Waals surface area contributed by atoms with E-state index < -0.39 is 0 Å². The Morgan fingerprint density at radius 3 is 3.00 bits per heavy atom. The number of carbonyl (C=O) groups is 1. The summed E-state index contributed by atoms with van der Waals surface area (Å²) in [6, 6.07) is 0.116. The summed E-state index contributed by atoms with van der Waals surface area (Å²) < 4.78 is 3.71. The maximum Gasteiger partial charge on any atom is 0.270 e. The minimum Gasteiger partial charge on any atom is -0.341 e. The van der Waals surface area contributed by atoms with E-state index in [9.17, 15) is 4.79 Å². The number of rotatable bonds is 5. The minimum absolute atomic E-state index is 0.144. The summed E-state index contributed by atoms with van der Waals surface area (Å²) in [4.78, 5) is 19.4. The average Bonchev–Trinajstić information content (AvgIpc) is 3.01. The molecule has 1 aliphatic rings. The molecule has 0 spiro atoms. The topological polar surface area (TPSA) is 90.0 Å². The largest absolute Gasteiger partial charge is 0.341 e. The Bertz CT molecular complexity index is 904. The van der Waals surface area contributed by atoms with Crippen LogP contribution in [0.1, 0.15) is 65.7 Å². The van der Waals surface area contributed by atoms with Gasteiger partial charge in [0.2, 0.25) is 0 Å². The number of aromatic nitrogens is 6. The Kier molecular flexibility index (Phi) is 3.60. The third kappa shape index (κ3) is 2.48. The highest BCUT2D eigenvalue weighted by molar-refractivity contribution is 7.17. The Balaban J connectivity index is 1.62. The van der Waals surface area contributed by atoms with Crippen molar-refractivity contribution in [2.24, 2.45) is 0 Å². The van der Waals surface area contributed by atoms with Gasteiger partial charge in [-0.25, -0.2) is 9.67 Å². The molecule has 4 rings (SSSR count). The molecular weight excluding hydrogens is 326 g/mol. The SMILES string of the molecule is CCc1nc2sc(C)cn2c1C(=O)NC(C)c1nnnn1C1CC1. The van der Waals surface area contributed by atoms with Gasteiger partial charge in [-0.2, -0.15) is 0 Å². The van der Waals surface area contributed by atoms with Crippen LogP contribution in [0.5, 0.6) is 0 Å². The quantitative estimate of drug-likeness (QED) is 0.764. The normalized spacial score (nSPS) is 15.8. The van der Waals surface area contributed by atoms with Crippen molar-refractivity contribution in [2.45, 2.75) is 52.1 Å². The van der Waals surface area contributed by atoms with Gasteiger partial charge in [-0.05, 0) is 43.5 Å². The second-order valence-electron chi connectivity index (χ2n) is 6.16. The first kappa shape index (κ1) is 15.3. The highest BCUT2D eigenvalue weighted by Crippen LogP contribution is 2.35. The molecule has 1 saturated carbocycles. The van der Waals surface area contributed by atoms with Gasteiger partial charge in [0.15, 0.2) is 10.8 Å². The number of aryl methyl sites for hydroxylation is 2. The number of hydrogen-bond donors (Lipinski definition) is 1. The molecule has 3 aromatic heterocycles. The van der Waals surface area contributed by atoms with Gasteiger partial charge in [0, 0.05) is 11.1 Å². The van der Waals surface area contributed by atoms with Gasteiger partial charge < -0.3 is 5.32 Å². The first-order chi connectivity index (χ1) is 11.6. The number of tetrazole rings is 1. The minimum atomic E-state index is -0.261. The van der Waals surface area contributed by atoms with Crippen LogP contribution in [-0.2, 0) is 6.42 Å². The summed E-state index contributed by atoms with van der Waals surface area (Å²) in [5.74, 6) is 0.557. The van der Waals surface area contributed by atoms with Crippen LogP contribution in [0.25, 0.3) is 4.96 Å². The second kappa shape index (κ2) is 5.66. The maximum absolute atomic E-state index is 12.9. The molecule has 0 saturated heterocycles. The van der Waals surface area contributed by atoms with E-state index in [1.807, 2.05) is 36.1 Å². The predicted molar refractivity (Wildman–Crippen MR) is 89.2 cm³/mol. The molecule has 1 fully saturated rings. The van der Waals surface area contributed by atoms with Crippen molar-refractivity contribution < 1.29 is 4.79 Å². The van der Waals surface area contributed by atoms with E-state index in [0.717, 1.165) is 28.4 Å². The van der Waals surface area contributed by atoms with E-state index in [1.165, 1.54) is 0 Å². The third-order valence-corrected chi connectivity index (χ3v) is 5.11. The average molecular weight is 345 g/mol. The fourth-order valence-electron chi connectivity index (χ4n) is 2.88. The molecule has 24 heavy (non-hydrogen) atoms. The molecule has 1 atom stereocenters. The van der Waals surface area contributed by atoms with Gasteiger partial charge in [-0.3, -0.25) is 9.20 Å². The smallest absolute Gasteiger partial charge is 0.270 e.